The zero-order valence-electron chi connectivity index (χ0n) is 32.6. The first-order chi connectivity index (χ1) is 29.7. The van der Waals surface area contributed by atoms with Crippen LogP contribution in [0.1, 0.15) is 22.3 Å². The molecule has 3 heteroatoms. The van der Waals surface area contributed by atoms with Gasteiger partial charge in [-0.3, -0.25) is 0 Å². The van der Waals surface area contributed by atoms with Gasteiger partial charge in [0.05, 0.1) is 16.8 Å². The zero-order valence-corrected chi connectivity index (χ0v) is 33.4. The molecule has 60 heavy (non-hydrogen) atoms. The molecule has 0 N–H and O–H groups in total. The van der Waals surface area contributed by atoms with Gasteiger partial charge in [-0.2, -0.15) is 0 Å². The minimum absolute atomic E-state index is 0.408. The molecule has 1 aliphatic carbocycles. The highest BCUT2D eigenvalue weighted by molar-refractivity contribution is 7.99. The van der Waals surface area contributed by atoms with E-state index in [1.807, 2.05) is 30.0 Å². The number of benzene rings is 9. The fraction of sp³-hybridized carbons (Fsp3) is 0.0175. The summed E-state index contributed by atoms with van der Waals surface area (Å²) in [5, 5.41) is 2.36. The molecule has 10 aromatic rings. The molecule has 1 spiro atoms. The van der Waals surface area contributed by atoms with Crippen molar-refractivity contribution in [2.45, 2.75) is 15.2 Å². The number of aromatic nitrogens is 2. The number of rotatable bonds is 5. The molecule has 2 heterocycles. The molecular formula is C57H36N2S. The van der Waals surface area contributed by atoms with Crippen LogP contribution >= 0.6 is 11.8 Å². The molecule has 9 aromatic carbocycles. The monoisotopic (exact) mass is 780 g/mol. The van der Waals surface area contributed by atoms with E-state index in [1.165, 1.54) is 70.8 Å². The highest BCUT2D eigenvalue weighted by Gasteiger charge is 2.50. The van der Waals surface area contributed by atoms with E-state index in [0.29, 0.717) is 5.82 Å². The number of nitrogens with zero attached hydrogens (tertiary/aromatic N) is 2. The van der Waals surface area contributed by atoms with Gasteiger partial charge in [0.25, 0.3) is 0 Å². The first-order valence-electron chi connectivity index (χ1n) is 20.5. The van der Waals surface area contributed by atoms with Gasteiger partial charge in [-0.15, -0.1) is 0 Å². The summed E-state index contributed by atoms with van der Waals surface area (Å²) < 4.78 is 0. The van der Waals surface area contributed by atoms with Crippen molar-refractivity contribution in [2.75, 3.05) is 0 Å². The Bertz CT molecular complexity index is 3240. The minimum atomic E-state index is -0.408. The van der Waals surface area contributed by atoms with E-state index in [1.54, 1.807) is 0 Å². The maximum absolute atomic E-state index is 5.23. The standard InChI is InChI=1S/C57H36N2S/c1-3-15-38(16-4-1)42-32-33-47(44-20-8-7-19-43(42)44)53-36-52(58-56(59-53)40-17-5-2-6-18-40)39-29-27-37(28-30-39)41-31-34-55-51(35-41)57(50-25-13-14-26-54(50)60-55)48-23-11-9-21-45(48)46-22-10-12-24-49(46)57/h1-36H. The van der Waals surface area contributed by atoms with Gasteiger partial charge in [-0.05, 0) is 90.7 Å². The van der Waals surface area contributed by atoms with Gasteiger partial charge < -0.3 is 0 Å². The van der Waals surface area contributed by atoms with E-state index in [2.05, 4.69) is 200 Å². The van der Waals surface area contributed by atoms with E-state index >= 15 is 0 Å². The van der Waals surface area contributed by atoms with Gasteiger partial charge in [-0.1, -0.05) is 206 Å². The van der Waals surface area contributed by atoms with Crippen LogP contribution in [0.15, 0.2) is 228 Å². The van der Waals surface area contributed by atoms with Gasteiger partial charge >= 0.3 is 0 Å². The SMILES string of the molecule is c1ccc(-c2nc(-c3ccc(-c4ccc5c(c4)C4(c6ccccc6S5)c5ccccc5-c5ccccc54)cc3)cc(-c3ccc(-c4ccccc4)c4ccccc34)n2)cc1. The molecule has 0 radical (unpaired) electrons. The summed E-state index contributed by atoms with van der Waals surface area (Å²) in [4.78, 5) is 13.0. The highest BCUT2D eigenvalue weighted by atomic mass is 32.2. The summed E-state index contributed by atoms with van der Waals surface area (Å²) in [5.41, 5.74) is 17.3. The number of fused-ring (bicyclic) bond motifs is 10. The van der Waals surface area contributed by atoms with Gasteiger partial charge in [-0.25, -0.2) is 9.97 Å². The molecule has 0 amide bonds. The molecule has 2 aliphatic rings. The van der Waals surface area contributed by atoms with Crippen molar-refractivity contribution in [1.29, 1.82) is 0 Å². The van der Waals surface area contributed by atoms with Gasteiger partial charge in [0.15, 0.2) is 5.82 Å². The molecule has 1 aromatic heterocycles. The number of hydrogen-bond acceptors (Lipinski definition) is 3. The quantitative estimate of drug-likeness (QED) is 0.174. The summed E-state index contributed by atoms with van der Waals surface area (Å²) in [7, 11) is 0. The maximum atomic E-state index is 5.23. The molecule has 280 valence electrons. The molecule has 2 nitrogen and oxygen atoms in total. The Labute approximate surface area is 353 Å². The number of hydrogen-bond donors (Lipinski definition) is 0. The second-order valence-corrected chi connectivity index (χ2v) is 16.7. The molecule has 0 saturated heterocycles. The predicted octanol–water partition coefficient (Wildman–Crippen LogP) is 14.8. The summed E-state index contributed by atoms with van der Waals surface area (Å²) >= 11 is 1.88. The van der Waals surface area contributed by atoms with Crippen molar-refractivity contribution in [1.82, 2.24) is 9.97 Å². The van der Waals surface area contributed by atoms with Crippen molar-refractivity contribution in [3.63, 3.8) is 0 Å². The predicted molar refractivity (Wildman–Crippen MR) is 248 cm³/mol. The maximum Gasteiger partial charge on any atom is 0.160 e. The lowest BCUT2D eigenvalue weighted by molar-refractivity contribution is 0.723. The van der Waals surface area contributed by atoms with E-state index in [-0.39, 0.29) is 0 Å². The Hall–Kier alpha value is -7.33. The van der Waals surface area contributed by atoms with Crippen molar-refractivity contribution >= 4 is 22.5 Å². The zero-order chi connectivity index (χ0) is 39.6. The van der Waals surface area contributed by atoms with Crippen LogP contribution in [-0.4, -0.2) is 9.97 Å². The topological polar surface area (TPSA) is 25.8 Å². The molecule has 0 atom stereocenters. The van der Waals surface area contributed by atoms with Gasteiger partial charge in [0.2, 0.25) is 0 Å². The highest BCUT2D eigenvalue weighted by Crippen LogP contribution is 2.62. The lowest BCUT2D eigenvalue weighted by Crippen LogP contribution is -2.32. The Morgan fingerprint density at radius 3 is 1.53 bits per heavy atom. The van der Waals surface area contributed by atoms with E-state index in [4.69, 9.17) is 9.97 Å². The van der Waals surface area contributed by atoms with Crippen LogP contribution in [0.5, 0.6) is 0 Å². The third kappa shape index (κ3) is 5.36. The van der Waals surface area contributed by atoms with Crippen LogP contribution in [0.3, 0.4) is 0 Å². The Balaban J connectivity index is 0.982. The lowest BCUT2D eigenvalue weighted by atomic mass is 9.67. The van der Waals surface area contributed by atoms with Crippen LogP contribution in [0.4, 0.5) is 0 Å². The van der Waals surface area contributed by atoms with E-state index in [0.717, 1.165) is 33.5 Å². The van der Waals surface area contributed by atoms with Crippen molar-refractivity contribution in [2.24, 2.45) is 0 Å². The molecular weight excluding hydrogens is 745 g/mol. The largest absolute Gasteiger partial charge is 0.228 e. The van der Waals surface area contributed by atoms with E-state index in [9.17, 15) is 0 Å². The molecule has 0 fully saturated rings. The smallest absolute Gasteiger partial charge is 0.160 e. The van der Waals surface area contributed by atoms with Crippen molar-refractivity contribution < 1.29 is 0 Å². The minimum Gasteiger partial charge on any atom is -0.228 e. The second kappa shape index (κ2) is 13.9. The summed E-state index contributed by atoms with van der Waals surface area (Å²) in [6.45, 7) is 0. The fourth-order valence-corrected chi connectivity index (χ4v) is 10.9. The second-order valence-electron chi connectivity index (χ2n) is 15.6. The third-order valence-electron chi connectivity index (χ3n) is 12.4. The fourth-order valence-electron chi connectivity index (χ4n) is 9.71. The Morgan fingerprint density at radius 1 is 0.300 bits per heavy atom. The van der Waals surface area contributed by atoms with Crippen molar-refractivity contribution in [3.05, 3.63) is 241 Å². The average molecular weight is 781 g/mol. The van der Waals surface area contributed by atoms with Crippen LogP contribution in [0.25, 0.3) is 78.1 Å². The molecule has 0 saturated carbocycles. The van der Waals surface area contributed by atoms with E-state index < -0.39 is 5.41 Å². The molecule has 12 rings (SSSR count). The molecule has 0 unspecified atom stereocenters. The van der Waals surface area contributed by atoms with Crippen molar-refractivity contribution in [3.8, 4) is 67.3 Å². The Morgan fingerprint density at radius 2 is 0.817 bits per heavy atom. The van der Waals surface area contributed by atoms with Crippen LogP contribution < -0.4 is 0 Å². The van der Waals surface area contributed by atoms with Crippen LogP contribution in [0.2, 0.25) is 0 Å². The van der Waals surface area contributed by atoms with Gasteiger partial charge in [0.1, 0.15) is 0 Å². The molecule has 0 bridgehead atoms. The Kier molecular flexibility index (Phi) is 8.04. The first-order valence-corrected chi connectivity index (χ1v) is 21.3. The summed E-state index contributed by atoms with van der Waals surface area (Å²) in [6, 6.07) is 79.1. The third-order valence-corrected chi connectivity index (χ3v) is 13.6. The normalized spacial score (nSPS) is 13.1. The summed E-state index contributed by atoms with van der Waals surface area (Å²) in [6.07, 6.45) is 0. The van der Waals surface area contributed by atoms with Crippen LogP contribution in [-0.2, 0) is 5.41 Å². The van der Waals surface area contributed by atoms with Crippen LogP contribution in [0, 0.1) is 0 Å². The lowest BCUT2D eigenvalue weighted by Gasteiger charge is -2.40. The van der Waals surface area contributed by atoms with Gasteiger partial charge in [0, 0.05) is 26.5 Å². The summed E-state index contributed by atoms with van der Waals surface area (Å²) in [5.74, 6) is 0.707. The first kappa shape index (κ1) is 34.7. The molecule has 1 aliphatic heterocycles. The average Bonchev–Trinajstić information content (AvgIpc) is 3.62.